The molecule has 122 valence electrons. The second-order valence-corrected chi connectivity index (χ2v) is 5.79. The van der Waals surface area contributed by atoms with E-state index < -0.39 is 10.5 Å². The van der Waals surface area contributed by atoms with E-state index in [1.54, 1.807) is 12.1 Å². The molecule has 1 atom stereocenters. The molecule has 0 radical (unpaired) electrons. The Morgan fingerprint density at radius 1 is 1.36 bits per heavy atom. The number of amides is 2. The van der Waals surface area contributed by atoms with Crippen LogP contribution < -0.4 is 10.6 Å². The lowest BCUT2D eigenvalue weighted by Crippen LogP contribution is -2.48. The number of carbonyl (C=O) groups is 1. The largest absolute Gasteiger partial charge is 0.396 e. The third-order valence-corrected chi connectivity index (χ3v) is 3.40. The number of nitro groups is 1. The highest BCUT2D eigenvalue weighted by molar-refractivity contribution is 5.75. The summed E-state index contributed by atoms with van der Waals surface area (Å²) >= 11 is 0. The predicted octanol–water partition coefficient (Wildman–Crippen LogP) is 2.29. The maximum atomic E-state index is 12.0. The Morgan fingerprint density at radius 2 is 1.95 bits per heavy atom. The van der Waals surface area contributed by atoms with E-state index in [9.17, 15) is 14.9 Å². The quantitative estimate of drug-likeness (QED) is 0.531. The SMILES string of the molecule is CC(CCCO)NC(=O)NC(C)(C)c1ccc([N+](=O)[O-])cc1. The smallest absolute Gasteiger partial charge is 0.315 e. The molecule has 7 nitrogen and oxygen atoms in total. The molecule has 0 aliphatic heterocycles. The Balaban J connectivity index is 2.65. The van der Waals surface area contributed by atoms with E-state index >= 15 is 0 Å². The van der Waals surface area contributed by atoms with E-state index in [0.29, 0.717) is 12.8 Å². The molecule has 0 fully saturated rings. The lowest BCUT2D eigenvalue weighted by atomic mass is 9.94. The second kappa shape index (κ2) is 7.74. The lowest BCUT2D eigenvalue weighted by Gasteiger charge is -2.28. The average Bonchev–Trinajstić information content (AvgIpc) is 2.44. The van der Waals surface area contributed by atoms with Crippen LogP contribution in [0.4, 0.5) is 10.5 Å². The molecule has 0 saturated carbocycles. The zero-order chi connectivity index (χ0) is 16.8. The molecule has 0 aliphatic carbocycles. The molecule has 1 unspecified atom stereocenters. The van der Waals surface area contributed by atoms with Crippen LogP contribution in [-0.4, -0.2) is 28.7 Å². The fraction of sp³-hybridized carbons (Fsp3) is 0.533. The summed E-state index contributed by atoms with van der Waals surface area (Å²) in [5.41, 5.74) is 0.133. The van der Waals surface area contributed by atoms with E-state index in [0.717, 1.165) is 5.56 Å². The Morgan fingerprint density at radius 3 is 2.45 bits per heavy atom. The molecule has 0 spiro atoms. The number of non-ortho nitro benzene ring substituents is 1. The van der Waals surface area contributed by atoms with E-state index in [1.165, 1.54) is 12.1 Å². The van der Waals surface area contributed by atoms with Crippen molar-refractivity contribution < 1.29 is 14.8 Å². The number of hydrogen-bond donors (Lipinski definition) is 3. The van der Waals surface area contributed by atoms with Crippen LogP contribution in [0.15, 0.2) is 24.3 Å². The fourth-order valence-electron chi connectivity index (χ4n) is 2.09. The van der Waals surface area contributed by atoms with E-state index in [-0.39, 0.29) is 24.4 Å². The van der Waals surface area contributed by atoms with Gasteiger partial charge in [0.15, 0.2) is 0 Å². The van der Waals surface area contributed by atoms with Crippen molar-refractivity contribution >= 4 is 11.7 Å². The van der Waals surface area contributed by atoms with Crippen molar-refractivity contribution in [2.75, 3.05) is 6.61 Å². The number of nitrogens with one attached hydrogen (secondary N) is 2. The molecular formula is C15H23N3O4. The highest BCUT2D eigenvalue weighted by Crippen LogP contribution is 2.22. The van der Waals surface area contributed by atoms with Crippen LogP contribution in [-0.2, 0) is 5.54 Å². The number of nitrogens with zero attached hydrogens (tertiary/aromatic N) is 1. The second-order valence-electron chi connectivity index (χ2n) is 5.79. The molecule has 22 heavy (non-hydrogen) atoms. The predicted molar refractivity (Wildman–Crippen MR) is 83.6 cm³/mol. The van der Waals surface area contributed by atoms with Gasteiger partial charge in [-0.1, -0.05) is 0 Å². The van der Waals surface area contributed by atoms with Gasteiger partial charge in [-0.2, -0.15) is 0 Å². The summed E-state index contributed by atoms with van der Waals surface area (Å²) in [6.45, 7) is 5.62. The zero-order valence-electron chi connectivity index (χ0n) is 13.1. The molecule has 0 saturated heterocycles. The Bertz CT molecular complexity index is 514. The van der Waals surface area contributed by atoms with Crippen molar-refractivity contribution in [3.63, 3.8) is 0 Å². The molecule has 2 amide bonds. The van der Waals surface area contributed by atoms with Crippen molar-refractivity contribution in [3.8, 4) is 0 Å². The van der Waals surface area contributed by atoms with Crippen LogP contribution in [0.3, 0.4) is 0 Å². The summed E-state index contributed by atoms with van der Waals surface area (Å²) in [5.74, 6) is 0. The van der Waals surface area contributed by atoms with Gasteiger partial charge < -0.3 is 15.7 Å². The van der Waals surface area contributed by atoms with Crippen LogP contribution in [0.1, 0.15) is 39.2 Å². The van der Waals surface area contributed by atoms with Crippen molar-refractivity contribution in [1.82, 2.24) is 10.6 Å². The molecule has 0 bridgehead atoms. The molecule has 7 heteroatoms. The fourth-order valence-corrected chi connectivity index (χ4v) is 2.09. The van der Waals surface area contributed by atoms with Gasteiger partial charge in [-0.3, -0.25) is 10.1 Å². The topological polar surface area (TPSA) is 104 Å². The minimum absolute atomic E-state index is 0.0154. The van der Waals surface area contributed by atoms with Crippen LogP contribution in [0, 0.1) is 10.1 Å². The van der Waals surface area contributed by atoms with Gasteiger partial charge in [0.2, 0.25) is 0 Å². The monoisotopic (exact) mass is 309 g/mol. The maximum Gasteiger partial charge on any atom is 0.315 e. The summed E-state index contributed by atoms with van der Waals surface area (Å²) in [4.78, 5) is 22.2. The molecule has 0 aromatic heterocycles. The molecule has 1 aromatic carbocycles. The lowest BCUT2D eigenvalue weighted by molar-refractivity contribution is -0.384. The number of aliphatic hydroxyl groups is 1. The van der Waals surface area contributed by atoms with E-state index in [4.69, 9.17) is 5.11 Å². The van der Waals surface area contributed by atoms with E-state index in [2.05, 4.69) is 10.6 Å². The first-order valence-corrected chi connectivity index (χ1v) is 7.20. The van der Waals surface area contributed by atoms with Gasteiger partial charge >= 0.3 is 6.03 Å². The first-order chi connectivity index (χ1) is 10.3. The summed E-state index contributed by atoms with van der Waals surface area (Å²) in [7, 11) is 0. The molecule has 0 heterocycles. The third kappa shape index (κ3) is 5.33. The van der Waals surface area contributed by atoms with Gasteiger partial charge in [0.25, 0.3) is 5.69 Å². The van der Waals surface area contributed by atoms with Crippen LogP contribution in [0.5, 0.6) is 0 Å². The summed E-state index contributed by atoms with van der Waals surface area (Å²) in [5, 5.41) is 25.1. The molecule has 0 aliphatic rings. The standard InChI is InChI=1S/C15H23N3O4/c1-11(5-4-10-19)16-14(20)17-15(2,3)12-6-8-13(9-7-12)18(21)22/h6-9,11,19H,4-5,10H2,1-3H3,(H2,16,17,20). The van der Waals surface area contributed by atoms with Crippen molar-refractivity contribution in [2.45, 2.75) is 45.2 Å². The molecular weight excluding hydrogens is 286 g/mol. The third-order valence-electron chi connectivity index (χ3n) is 3.40. The van der Waals surface area contributed by atoms with E-state index in [1.807, 2.05) is 20.8 Å². The average molecular weight is 309 g/mol. The number of urea groups is 1. The maximum absolute atomic E-state index is 12.0. The van der Waals surface area contributed by atoms with Crippen LogP contribution in [0.2, 0.25) is 0 Å². The Hall–Kier alpha value is -2.15. The van der Waals surface area contributed by atoms with Gasteiger partial charge in [-0.15, -0.1) is 0 Å². The molecule has 1 aromatic rings. The number of carbonyl (C=O) groups excluding carboxylic acids is 1. The highest BCUT2D eigenvalue weighted by Gasteiger charge is 2.24. The van der Waals surface area contributed by atoms with Gasteiger partial charge in [0, 0.05) is 24.8 Å². The van der Waals surface area contributed by atoms with Crippen LogP contribution in [0.25, 0.3) is 0 Å². The first-order valence-electron chi connectivity index (χ1n) is 7.20. The number of hydrogen-bond acceptors (Lipinski definition) is 4. The summed E-state index contributed by atoms with van der Waals surface area (Å²) in [6, 6.07) is 5.75. The van der Waals surface area contributed by atoms with Gasteiger partial charge in [0.1, 0.15) is 0 Å². The zero-order valence-corrected chi connectivity index (χ0v) is 13.1. The van der Waals surface area contributed by atoms with Gasteiger partial charge in [-0.05, 0) is 51.3 Å². The van der Waals surface area contributed by atoms with Crippen molar-refractivity contribution in [2.24, 2.45) is 0 Å². The Kier molecular flexibility index (Phi) is 6.30. The minimum Gasteiger partial charge on any atom is -0.396 e. The number of aliphatic hydroxyl groups excluding tert-OH is 1. The summed E-state index contributed by atoms with van der Waals surface area (Å²) in [6.07, 6.45) is 1.33. The normalized spacial score (nSPS) is 12.5. The number of rotatable bonds is 7. The summed E-state index contributed by atoms with van der Waals surface area (Å²) < 4.78 is 0. The van der Waals surface area contributed by atoms with Gasteiger partial charge in [0.05, 0.1) is 10.5 Å². The van der Waals surface area contributed by atoms with Gasteiger partial charge in [-0.25, -0.2) is 4.79 Å². The number of benzene rings is 1. The molecule has 3 N–H and O–H groups in total. The number of nitro benzene ring substituents is 1. The van der Waals surface area contributed by atoms with Crippen LogP contribution >= 0.6 is 0 Å². The minimum atomic E-state index is -0.657. The highest BCUT2D eigenvalue weighted by atomic mass is 16.6. The van der Waals surface area contributed by atoms with Crippen molar-refractivity contribution in [3.05, 3.63) is 39.9 Å². The van der Waals surface area contributed by atoms with Crippen molar-refractivity contribution in [1.29, 1.82) is 0 Å². The Labute approximate surface area is 129 Å². The first kappa shape index (κ1) is 17.9. The molecule has 1 rings (SSSR count).